The molecule has 3 rings (SSSR count). The minimum Gasteiger partial charge on any atom is -0.497 e. The van der Waals surface area contributed by atoms with E-state index in [1.807, 2.05) is 0 Å². The van der Waals surface area contributed by atoms with Gasteiger partial charge in [0.15, 0.2) is 6.61 Å². The third kappa shape index (κ3) is 4.41. The molecule has 0 unspecified atom stereocenters. The number of esters is 1. The van der Waals surface area contributed by atoms with Crippen LogP contribution >= 0.6 is 0 Å². The van der Waals surface area contributed by atoms with Gasteiger partial charge in [0.2, 0.25) is 0 Å². The number of ether oxygens (including phenoxy) is 3. The van der Waals surface area contributed by atoms with Crippen molar-refractivity contribution in [1.29, 1.82) is 0 Å². The van der Waals surface area contributed by atoms with E-state index < -0.39 is 18.5 Å². The fraction of sp³-hybridized carbons (Fsp3) is 0.167. The number of hydrogen-bond acceptors (Lipinski definition) is 8. The lowest BCUT2D eigenvalue weighted by molar-refractivity contribution is -0.119. The number of methoxy groups -OCH3 is 2. The first kappa shape index (κ1) is 18.8. The summed E-state index contributed by atoms with van der Waals surface area (Å²) < 4.78 is 16.8. The molecular formula is C18H17N5O5. The maximum Gasteiger partial charge on any atom is 0.338 e. The van der Waals surface area contributed by atoms with E-state index in [-0.39, 0.29) is 5.56 Å². The van der Waals surface area contributed by atoms with Gasteiger partial charge < -0.3 is 19.5 Å². The number of benzene rings is 2. The minimum atomic E-state index is -0.650. The Morgan fingerprint density at radius 1 is 1.11 bits per heavy atom. The fourth-order valence-corrected chi connectivity index (χ4v) is 2.37. The average molecular weight is 383 g/mol. The van der Waals surface area contributed by atoms with Crippen LogP contribution in [0.4, 0.5) is 5.69 Å². The zero-order valence-electron chi connectivity index (χ0n) is 15.2. The van der Waals surface area contributed by atoms with Crippen LogP contribution < -0.4 is 14.8 Å². The molecule has 0 spiro atoms. The Bertz CT molecular complexity index is 974. The van der Waals surface area contributed by atoms with Crippen molar-refractivity contribution in [3.63, 3.8) is 0 Å². The largest absolute Gasteiger partial charge is 0.497 e. The van der Waals surface area contributed by atoms with E-state index in [2.05, 4.69) is 20.8 Å². The predicted molar refractivity (Wildman–Crippen MR) is 97.6 cm³/mol. The Hall–Kier alpha value is -3.95. The van der Waals surface area contributed by atoms with Crippen LogP contribution in [0.1, 0.15) is 10.4 Å². The van der Waals surface area contributed by atoms with E-state index in [4.69, 9.17) is 14.2 Å². The van der Waals surface area contributed by atoms with Crippen LogP contribution in [0.3, 0.4) is 0 Å². The number of aromatic nitrogens is 4. The lowest BCUT2D eigenvalue weighted by Gasteiger charge is -2.12. The molecule has 1 aromatic heterocycles. The maximum absolute atomic E-state index is 12.2. The molecule has 3 aromatic rings. The summed E-state index contributed by atoms with van der Waals surface area (Å²) in [6, 6.07) is 11.5. The predicted octanol–water partition coefficient (Wildman–Crippen LogP) is 1.47. The summed E-state index contributed by atoms with van der Waals surface area (Å²) in [7, 11) is 2.99. The van der Waals surface area contributed by atoms with Gasteiger partial charge in [-0.3, -0.25) is 4.79 Å². The summed E-state index contributed by atoms with van der Waals surface area (Å²) in [4.78, 5) is 24.4. The van der Waals surface area contributed by atoms with E-state index in [1.54, 1.807) is 42.5 Å². The Morgan fingerprint density at radius 3 is 2.68 bits per heavy atom. The van der Waals surface area contributed by atoms with Crippen LogP contribution in [-0.4, -0.2) is 52.9 Å². The number of carbonyl (C=O) groups excluding carboxylic acids is 2. The molecule has 28 heavy (non-hydrogen) atoms. The Balaban J connectivity index is 1.62. The molecule has 0 bridgehead atoms. The van der Waals surface area contributed by atoms with Gasteiger partial charge in [-0.1, -0.05) is 6.07 Å². The average Bonchev–Trinajstić information content (AvgIpc) is 3.27. The van der Waals surface area contributed by atoms with Crippen molar-refractivity contribution >= 4 is 17.6 Å². The number of anilines is 1. The number of tetrazole rings is 1. The topological polar surface area (TPSA) is 117 Å². The highest BCUT2D eigenvalue weighted by Crippen LogP contribution is 2.28. The van der Waals surface area contributed by atoms with Crippen LogP contribution in [-0.2, 0) is 9.53 Å². The second-order valence-electron chi connectivity index (χ2n) is 5.50. The molecule has 1 N–H and O–H groups in total. The zero-order chi connectivity index (χ0) is 19.9. The van der Waals surface area contributed by atoms with E-state index >= 15 is 0 Å². The van der Waals surface area contributed by atoms with Crippen LogP contribution in [0.5, 0.6) is 11.5 Å². The highest BCUT2D eigenvalue weighted by molar-refractivity contribution is 5.96. The second kappa shape index (κ2) is 8.62. The summed E-state index contributed by atoms with van der Waals surface area (Å²) in [5.41, 5.74) is 1.26. The van der Waals surface area contributed by atoms with E-state index in [1.165, 1.54) is 25.2 Å². The quantitative estimate of drug-likeness (QED) is 0.610. The van der Waals surface area contributed by atoms with Crippen molar-refractivity contribution in [2.45, 2.75) is 0 Å². The number of nitrogens with zero attached hydrogens (tertiary/aromatic N) is 4. The van der Waals surface area contributed by atoms with Crippen molar-refractivity contribution in [2.75, 3.05) is 26.1 Å². The van der Waals surface area contributed by atoms with Gasteiger partial charge in [-0.05, 0) is 40.8 Å². The monoisotopic (exact) mass is 383 g/mol. The van der Waals surface area contributed by atoms with Gasteiger partial charge in [0.1, 0.15) is 17.8 Å². The molecule has 0 radical (unpaired) electrons. The molecule has 0 fully saturated rings. The molecule has 10 heteroatoms. The molecule has 0 aliphatic heterocycles. The normalized spacial score (nSPS) is 10.2. The first-order valence-corrected chi connectivity index (χ1v) is 8.13. The molecule has 2 aromatic carbocycles. The number of hydrogen-bond donors (Lipinski definition) is 1. The summed E-state index contributed by atoms with van der Waals surface area (Å²) in [5.74, 6) is -0.165. The molecule has 1 heterocycles. The SMILES string of the molecule is COc1ccc(OC)c(NC(=O)COC(=O)c2cccc(-n3cnnn3)c2)c1. The van der Waals surface area contributed by atoms with Crippen molar-refractivity contribution in [1.82, 2.24) is 20.2 Å². The van der Waals surface area contributed by atoms with Gasteiger partial charge in [0.25, 0.3) is 5.91 Å². The van der Waals surface area contributed by atoms with E-state index in [9.17, 15) is 9.59 Å². The zero-order valence-corrected chi connectivity index (χ0v) is 15.2. The summed E-state index contributed by atoms with van der Waals surface area (Å²) in [6.07, 6.45) is 1.40. The van der Waals surface area contributed by atoms with Gasteiger partial charge in [-0.2, -0.15) is 0 Å². The van der Waals surface area contributed by atoms with Crippen molar-refractivity contribution < 1.29 is 23.8 Å². The molecule has 1 amide bonds. The number of rotatable bonds is 7. The van der Waals surface area contributed by atoms with Crippen LogP contribution in [0.25, 0.3) is 5.69 Å². The lowest BCUT2D eigenvalue weighted by Crippen LogP contribution is -2.21. The van der Waals surface area contributed by atoms with E-state index in [0.717, 1.165) is 0 Å². The third-order valence-electron chi connectivity index (χ3n) is 3.71. The summed E-state index contributed by atoms with van der Waals surface area (Å²) in [5, 5.41) is 13.5. The van der Waals surface area contributed by atoms with Gasteiger partial charge in [0.05, 0.1) is 31.2 Å². The highest BCUT2D eigenvalue weighted by atomic mass is 16.5. The summed E-state index contributed by atoms with van der Waals surface area (Å²) in [6.45, 7) is -0.464. The second-order valence-corrected chi connectivity index (χ2v) is 5.50. The number of carbonyl (C=O) groups is 2. The molecule has 10 nitrogen and oxygen atoms in total. The molecule has 0 saturated heterocycles. The Morgan fingerprint density at radius 2 is 1.96 bits per heavy atom. The van der Waals surface area contributed by atoms with Crippen LogP contribution in [0, 0.1) is 0 Å². The smallest absolute Gasteiger partial charge is 0.338 e. The number of amides is 1. The lowest BCUT2D eigenvalue weighted by atomic mass is 10.2. The molecule has 144 valence electrons. The molecular weight excluding hydrogens is 366 g/mol. The van der Waals surface area contributed by atoms with Crippen molar-refractivity contribution in [3.8, 4) is 17.2 Å². The fourth-order valence-electron chi connectivity index (χ4n) is 2.37. The standard InChI is InChI=1S/C18H17N5O5/c1-26-14-6-7-16(27-2)15(9-14)20-17(24)10-28-18(25)12-4-3-5-13(8-12)23-11-19-21-22-23/h3-9,11H,10H2,1-2H3,(H,20,24). The van der Waals surface area contributed by atoms with Gasteiger partial charge in [0, 0.05) is 6.07 Å². The first-order valence-electron chi connectivity index (χ1n) is 8.13. The highest BCUT2D eigenvalue weighted by Gasteiger charge is 2.14. The maximum atomic E-state index is 12.2. The molecule has 0 aliphatic carbocycles. The molecule has 0 saturated carbocycles. The Labute approximate surface area is 160 Å². The minimum absolute atomic E-state index is 0.264. The van der Waals surface area contributed by atoms with Crippen molar-refractivity contribution in [2.24, 2.45) is 0 Å². The Kier molecular flexibility index (Phi) is 5.80. The van der Waals surface area contributed by atoms with Crippen molar-refractivity contribution in [3.05, 3.63) is 54.4 Å². The van der Waals surface area contributed by atoms with Gasteiger partial charge >= 0.3 is 5.97 Å². The van der Waals surface area contributed by atoms with Gasteiger partial charge in [-0.25, -0.2) is 9.48 Å². The third-order valence-corrected chi connectivity index (χ3v) is 3.71. The summed E-state index contributed by atoms with van der Waals surface area (Å²) >= 11 is 0. The van der Waals surface area contributed by atoms with Crippen LogP contribution in [0.15, 0.2) is 48.8 Å². The molecule has 0 aliphatic rings. The molecule has 0 atom stereocenters. The van der Waals surface area contributed by atoms with E-state index in [0.29, 0.717) is 22.9 Å². The van der Waals surface area contributed by atoms with Gasteiger partial charge in [-0.15, -0.1) is 5.10 Å². The first-order chi connectivity index (χ1) is 13.6. The number of nitrogens with one attached hydrogen (secondary N) is 1. The van der Waals surface area contributed by atoms with Crippen LogP contribution in [0.2, 0.25) is 0 Å².